The summed E-state index contributed by atoms with van der Waals surface area (Å²) < 4.78 is 0. The number of carbonyl (C=O) groups excluding carboxylic acids is 6. The van der Waals surface area contributed by atoms with Gasteiger partial charge in [-0.15, -0.1) is 0 Å². The van der Waals surface area contributed by atoms with Gasteiger partial charge in [0.05, 0.1) is 19.3 Å². The van der Waals surface area contributed by atoms with Crippen molar-refractivity contribution in [2.75, 3.05) is 39.3 Å². The first-order valence-corrected chi connectivity index (χ1v) is 17.7. The van der Waals surface area contributed by atoms with Crippen LogP contribution < -0.4 is 0 Å². The van der Waals surface area contributed by atoms with E-state index < -0.39 is 0 Å². The second-order valence-corrected chi connectivity index (χ2v) is 11.9. The molecule has 9 nitrogen and oxygen atoms in total. The summed E-state index contributed by atoms with van der Waals surface area (Å²) in [6.07, 6.45) is 12.8. The van der Waals surface area contributed by atoms with Gasteiger partial charge in [0.2, 0.25) is 17.7 Å². The first-order valence-electron chi connectivity index (χ1n) is 17.7. The van der Waals surface area contributed by atoms with Crippen molar-refractivity contribution in [1.82, 2.24) is 14.7 Å². The minimum absolute atomic E-state index is 0. The number of rotatable bonds is 24. The Morgan fingerprint density at radius 3 is 0.609 bits per heavy atom. The molecule has 0 aromatic heterocycles. The Morgan fingerprint density at radius 1 is 0.348 bits per heavy atom. The summed E-state index contributed by atoms with van der Waals surface area (Å²) in [5.74, 6) is -0.160. The van der Waals surface area contributed by atoms with Crippen LogP contribution in [0.4, 0.5) is 0 Å². The molecule has 0 N–H and O–H groups in total. The summed E-state index contributed by atoms with van der Waals surface area (Å²) in [4.78, 5) is 73.1. The molecule has 0 aromatic rings. The van der Waals surface area contributed by atoms with Crippen LogP contribution in [0.3, 0.4) is 0 Å². The van der Waals surface area contributed by atoms with E-state index in [0.29, 0.717) is 0 Å². The predicted molar refractivity (Wildman–Crippen MR) is 185 cm³/mol. The van der Waals surface area contributed by atoms with Crippen LogP contribution in [0.2, 0.25) is 0 Å². The van der Waals surface area contributed by atoms with Crippen molar-refractivity contribution in [1.29, 1.82) is 0 Å². The number of hydrogen-bond donors (Lipinski definition) is 0. The van der Waals surface area contributed by atoms with Gasteiger partial charge < -0.3 is 14.7 Å². The number of amides is 3. The average molecular weight is 696 g/mol. The molecule has 0 aliphatic heterocycles. The van der Waals surface area contributed by atoms with Crippen LogP contribution in [0.25, 0.3) is 0 Å². The molecule has 0 aromatic carbocycles. The van der Waals surface area contributed by atoms with Crippen LogP contribution in [-0.2, 0) is 45.8 Å². The van der Waals surface area contributed by atoms with Gasteiger partial charge in [-0.05, 0) is 59.3 Å². The molecule has 0 atom stereocenters. The number of ketones is 3. The Hall–Kier alpha value is -2.06. The fourth-order valence-electron chi connectivity index (χ4n) is 4.15. The van der Waals surface area contributed by atoms with Crippen molar-refractivity contribution >= 4 is 35.1 Å². The Kier molecular flexibility index (Phi) is 39.5. The summed E-state index contributed by atoms with van der Waals surface area (Å²) in [6.45, 7) is 21.8. The smallest absolute Gasteiger partial charge is 0.230 e. The molecular formula is C36H69FeN3O6. The molecule has 0 rings (SSSR count). The number of unbranched alkanes of at least 4 members (excludes halogenated alkanes) is 6. The van der Waals surface area contributed by atoms with Crippen molar-refractivity contribution in [2.45, 2.75) is 159 Å². The predicted octanol–water partition coefficient (Wildman–Crippen LogP) is 7.18. The van der Waals surface area contributed by atoms with E-state index in [9.17, 15) is 28.8 Å². The molecule has 3 amide bonds. The largest absolute Gasteiger partial charge is 0.342 e. The fraction of sp³-hybridized carbons (Fsp3) is 0.833. The van der Waals surface area contributed by atoms with Crippen molar-refractivity contribution in [3.05, 3.63) is 0 Å². The van der Waals surface area contributed by atoms with E-state index in [1.165, 1.54) is 20.8 Å². The standard InChI is InChI=1S/3C12H23NO2.Fe/c3*1-4-6-8-13(9-7-5-2)12(15)10-11(3)14;/h3*4-10H2,1-3H3;. The van der Waals surface area contributed by atoms with E-state index in [-0.39, 0.29) is 71.4 Å². The van der Waals surface area contributed by atoms with Gasteiger partial charge in [-0.25, -0.2) is 0 Å². The van der Waals surface area contributed by atoms with Gasteiger partial charge in [-0.3, -0.25) is 28.8 Å². The zero-order valence-corrected chi connectivity index (χ0v) is 32.1. The Bertz CT molecular complexity index is 693. The summed E-state index contributed by atoms with van der Waals surface area (Å²) in [7, 11) is 0. The Balaban J connectivity index is -0.000000285. The van der Waals surface area contributed by atoms with Crippen LogP contribution in [0.5, 0.6) is 0 Å². The third kappa shape index (κ3) is 33.3. The zero-order chi connectivity index (χ0) is 35.0. The molecule has 0 bridgehead atoms. The minimum atomic E-state index is -0.0435. The molecule has 0 spiro atoms. The van der Waals surface area contributed by atoms with E-state index in [4.69, 9.17) is 0 Å². The molecule has 0 fully saturated rings. The van der Waals surface area contributed by atoms with E-state index in [1.807, 2.05) is 14.7 Å². The number of nitrogens with zero attached hydrogens (tertiary/aromatic N) is 3. The number of Topliss-reactive ketones (excluding diaryl/α,β-unsaturated/α-hetero) is 3. The van der Waals surface area contributed by atoms with Gasteiger partial charge in [-0.2, -0.15) is 0 Å². The second kappa shape index (κ2) is 35.8. The molecular weight excluding hydrogens is 626 g/mol. The van der Waals surface area contributed by atoms with Crippen LogP contribution in [0.15, 0.2) is 0 Å². The van der Waals surface area contributed by atoms with Gasteiger partial charge in [0.25, 0.3) is 0 Å². The second-order valence-electron chi connectivity index (χ2n) is 11.9. The number of hydrogen-bond acceptors (Lipinski definition) is 6. The maximum atomic E-state index is 11.7. The van der Waals surface area contributed by atoms with Crippen LogP contribution >= 0.6 is 0 Å². The normalized spacial score (nSPS) is 9.85. The van der Waals surface area contributed by atoms with Gasteiger partial charge in [0.15, 0.2) is 0 Å². The van der Waals surface area contributed by atoms with Crippen molar-refractivity contribution in [2.24, 2.45) is 0 Å². The summed E-state index contributed by atoms with van der Waals surface area (Å²) in [5.41, 5.74) is 0. The van der Waals surface area contributed by atoms with Crippen molar-refractivity contribution in [3.63, 3.8) is 0 Å². The summed E-state index contributed by atoms with van der Waals surface area (Å²) >= 11 is 0. The fourth-order valence-corrected chi connectivity index (χ4v) is 4.15. The van der Waals surface area contributed by atoms with E-state index in [0.717, 1.165) is 116 Å². The van der Waals surface area contributed by atoms with Crippen LogP contribution in [0.1, 0.15) is 159 Å². The SMILES string of the molecule is CCCCN(CCCC)C(=O)CC(C)=O.CCCCN(CCCC)C(=O)CC(C)=O.CCCCN(CCCC)C(=O)CC(C)=O.[Fe]. The molecule has 272 valence electrons. The molecule has 0 unspecified atom stereocenters. The quantitative estimate of drug-likeness (QED) is 0.0782. The van der Waals surface area contributed by atoms with Crippen LogP contribution in [-0.4, -0.2) is 89.0 Å². The molecule has 0 aliphatic carbocycles. The van der Waals surface area contributed by atoms with E-state index in [1.54, 1.807) is 0 Å². The Morgan fingerprint density at radius 2 is 0.500 bits per heavy atom. The van der Waals surface area contributed by atoms with E-state index in [2.05, 4.69) is 41.5 Å². The van der Waals surface area contributed by atoms with Crippen molar-refractivity contribution in [3.8, 4) is 0 Å². The summed E-state index contributed by atoms with van der Waals surface area (Å²) in [5, 5.41) is 0. The molecule has 0 saturated heterocycles. The zero-order valence-electron chi connectivity index (χ0n) is 31.0. The monoisotopic (exact) mass is 695 g/mol. The maximum absolute atomic E-state index is 11.7. The van der Waals surface area contributed by atoms with Crippen LogP contribution in [0, 0.1) is 0 Å². The molecule has 0 heterocycles. The third-order valence-electron chi connectivity index (χ3n) is 6.95. The third-order valence-corrected chi connectivity index (χ3v) is 6.95. The minimum Gasteiger partial charge on any atom is -0.342 e. The first kappa shape index (κ1) is 50.8. The van der Waals surface area contributed by atoms with Gasteiger partial charge in [0.1, 0.15) is 17.3 Å². The van der Waals surface area contributed by atoms with Gasteiger partial charge in [-0.1, -0.05) is 80.1 Å². The molecule has 0 saturated carbocycles. The molecule has 0 radical (unpaired) electrons. The molecule has 46 heavy (non-hydrogen) atoms. The van der Waals surface area contributed by atoms with E-state index >= 15 is 0 Å². The van der Waals surface area contributed by atoms with Gasteiger partial charge in [0, 0.05) is 56.3 Å². The molecule has 0 aliphatic rings. The Labute approximate surface area is 292 Å². The number of carbonyl (C=O) groups is 6. The van der Waals surface area contributed by atoms with Crippen molar-refractivity contribution < 1.29 is 45.8 Å². The molecule has 10 heteroatoms. The van der Waals surface area contributed by atoms with Gasteiger partial charge >= 0.3 is 0 Å². The average Bonchev–Trinajstić information content (AvgIpc) is 2.96. The summed E-state index contributed by atoms with van der Waals surface area (Å²) in [6, 6.07) is 0. The maximum Gasteiger partial charge on any atom is 0.230 e. The first-order chi connectivity index (χ1) is 21.3. The topological polar surface area (TPSA) is 112 Å².